The van der Waals surface area contributed by atoms with Crippen molar-refractivity contribution in [3.05, 3.63) is 35.6 Å². The standard InChI is InChI=1S/C17H24F2N2O/c1-17(2,19)9-11-21-10-3-4-15(21)16(22)20-12-13-5-7-14(18)8-6-13/h5-8,15H,3-4,9-12H2,1-2H3,(H,20,22)/t15-/m1/s1. The fourth-order valence-electron chi connectivity index (χ4n) is 2.71. The van der Waals surface area contributed by atoms with Gasteiger partial charge in [0, 0.05) is 13.1 Å². The molecule has 0 spiro atoms. The highest BCUT2D eigenvalue weighted by Crippen LogP contribution is 2.21. The number of benzene rings is 1. The third-order valence-electron chi connectivity index (χ3n) is 4.04. The number of rotatable bonds is 6. The maximum Gasteiger partial charge on any atom is 0.237 e. The lowest BCUT2D eigenvalue weighted by Crippen LogP contribution is -2.44. The van der Waals surface area contributed by atoms with Crippen LogP contribution in [0.15, 0.2) is 24.3 Å². The Kier molecular flexibility index (Phi) is 5.51. The number of nitrogens with zero attached hydrogens (tertiary/aromatic N) is 1. The minimum atomic E-state index is -1.21. The van der Waals surface area contributed by atoms with E-state index in [1.165, 1.54) is 12.1 Å². The first kappa shape index (κ1) is 16.9. The minimum Gasteiger partial charge on any atom is -0.351 e. The third kappa shape index (κ3) is 5.05. The SMILES string of the molecule is CC(C)(F)CCN1CCC[C@@H]1C(=O)NCc1ccc(F)cc1. The first-order valence-electron chi connectivity index (χ1n) is 7.80. The Morgan fingerprint density at radius 2 is 2.05 bits per heavy atom. The zero-order valence-corrected chi connectivity index (χ0v) is 13.2. The van der Waals surface area contributed by atoms with Crippen LogP contribution in [0.5, 0.6) is 0 Å². The van der Waals surface area contributed by atoms with Crippen LogP contribution in [0.3, 0.4) is 0 Å². The molecule has 1 aliphatic heterocycles. The monoisotopic (exact) mass is 310 g/mol. The molecular weight excluding hydrogens is 286 g/mol. The number of amides is 1. The molecule has 0 aromatic heterocycles. The molecule has 1 aromatic carbocycles. The summed E-state index contributed by atoms with van der Waals surface area (Å²) < 4.78 is 26.5. The second-order valence-corrected chi connectivity index (χ2v) is 6.51. The summed E-state index contributed by atoms with van der Waals surface area (Å²) >= 11 is 0. The predicted octanol–water partition coefficient (Wildman–Crippen LogP) is 3.04. The number of carbonyl (C=O) groups excluding carboxylic acids is 1. The third-order valence-corrected chi connectivity index (χ3v) is 4.04. The van der Waals surface area contributed by atoms with Gasteiger partial charge in [0.1, 0.15) is 11.5 Å². The van der Waals surface area contributed by atoms with Gasteiger partial charge in [-0.25, -0.2) is 8.78 Å². The van der Waals surface area contributed by atoms with E-state index >= 15 is 0 Å². The van der Waals surface area contributed by atoms with Gasteiger partial charge in [0.25, 0.3) is 0 Å². The zero-order valence-electron chi connectivity index (χ0n) is 13.2. The van der Waals surface area contributed by atoms with Gasteiger partial charge in [0.05, 0.1) is 6.04 Å². The second-order valence-electron chi connectivity index (χ2n) is 6.51. The molecule has 1 saturated heterocycles. The number of nitrogens with one attached hydrogen (secondary N) is 1. The minimum absolute atomic E-state index is 0.0292. The summed E-state index contributed by atoms with van der Waals surface area (Å²) in [5.74, 6) is -0.315. The van der Waals surface area contributed by atoms with Crippen LogP contribution < -0.4 is 5.32 Å². The highest BCUT2D eigenvalue weighted by molar-refractivity contribution is 5.82. The molecule has 0 bridgehead atoms. The van der Waals surface area contributed by atoms with Crippen molar-refractivity contribution in [2.24, 2.45) is 0 Å². The summed E-state index contributed by atoms with van der Waals surface area (Å²) in [5, 5.41) is 2.89. The van der Waals surface area contributed by atoms with Gasteiger partial charge in [-0.05, 0) is 57.4 Å². The molecule has 0 aliphatic carbocycles. The summed E-state index contributed by atoms with van der Waals surface area (Å²) in [6.45, 7) is 4.94. The van der Waals surface area contributed by atoms with Crippen molar-refractivity contribution >= 4 is 5.91 Å². The average Bonchev–Trinajstić information content (AvgIpc) is 2.92. The van der Waals surface area contributed by atoms with E-state index in [1.807, 2.05) is 0 Å². The van der Waals surface area contributed by atoms with Gasteiger partial charge in [0.2, 0.25) is 5.91 Å². The zero-order chi connectivity index (χ0) is 16.2. The number of halogens is 2. The summed E-state index contributed by atoms with van der Waals surface area (Å²) in [6.07, 6.45) is 2.19. The number of carbonyl (C=O) groups is 1. The fraction of sp³-hybridized carbons (Fsp3) is 0.588. The van der Waals surface area contributed by atoms with Crippen LogP contribution >= 0.6 is 0 Å². The Morgan fingerprint density at radius 3 is 2.68 bits per heavy atom. The number of hydrogen-bond donors (Lipinski definition) is 1. The molecule has 1 fully saturated rings. The van der Waals surface area contributed by atoms with Gasteiger partial charge in [-0.3, -0.25) is 9.69 Å². The van der Waals surface area contributed by atoms with Crippen molar-refractivity contribution in [2.45, 2.75) is 51.4 Å². The molecule has 1 atom stereocenters. The molecule has 2 rings (SSSR count). The fourth-order valence-corrected chi connectivity index (χ4v) is 2.71. The molecule has 1 heterocycles. The molecule has 0 radical (unpaired) electrons. The maximum absolute atomic E-state index is 13.6. The van der Waals surface area contributed by atoms with E-state index < -0.39 is 5.67 Å². The molecule has 3 nitrogen and oxygen atoms in total. The molecule has 1 aromatic rings. The number of hydrogen-bond acceptors (Lipinski definition) is 2. The van der Waals surface area contributed by atoms with Crippen molar-refractivity contribution in [1.82, 2.24) is 10.2 Å². The van der Waals surface area contributed by atoms with E-state index in [2.05, 4.69) is 10.2 Å². The maximum atomic E-state index is 13.6. The van der Waals surface area contributed by atoms with E-state index in [1.54, 1.807) is 26.0 Å². The molecule has 22 heavy (non-hydrogen) atoms. The average molecular weight is 310 g/mol. The largest absolute Gasteiger partial charge is 0.351 e. The van der Waals surface area contributed by atoms with Gasteiger partial charge in [0.15, 0.2) is 0 Å². The van der Waals surface area contributed by atoms with Crippen LogP contribution in [-0.4, -0.2) is 35.6 Å². The molecule has 1 N–H and O–H groups in total. The predicted molar refractivity (Wildman–Crippen MR) is 82.6 cm³/mol. The Labute approximate surface area is 130 Å². The second kappa shape index (κ2) is 7.18. The topological polar surface area (TPSA) is 32.3 Å². The van der Waals surface area contributed by atoms with E-state index in [0.717, 1.165) is 24.9 Å². The normalized spacial score (nSPS) is 19.4. The molecular formula is C17H24F2N2O. The van der Waals surface area contributed by atoms with Gasteiger partial charge >= 0.3 is 0 Å². The molecule has 0 unspecified atom stereocenters. The molecule has 1 aliphatic rings. The molecule has 0 saturated carbocycles. The van der Waals surface area contributed by atoms with Crippen LogP contribution in [0.4, 0.5) is 8.78 Å². The molecule has 5 heteroatoms. The summed E-state index contributed by atoms with van der Waals surface area (Å²) in [5.41, 5.74) is -0.346. The van der Waals surface area contributed by atoms with Crippen molar-refractivity contribution in [3.8, 4) is 0 Å². The van der Waals surface area contributed by atoms with Crippen molar-refractivity contribution in [3.63, 3.8) is 0 Å². The first-order chi connectivity index (χ1) is 10.3. The summed E-state index contributed by atoms with van der Waals surface area (Å²) in [7, 11) is 0. The highest BCUT2D eigenvalue weighted by Gasteiger charge is 2.31. The van der Waals surface area contributed by atoms with Crippen LogP contribution in [0.25, 0.3) is 0 Å². The highest BCUT2D eigenvalue weighted by atomic mass is 19.1. The van der Waals surface area contributed by atoms with Gasteiger partial charge in [-0.1, -0.05) is 12.1 Å². The van der Waals surface area contributed by atoms with Crippen LogP contribution in [-0.2, 0) is 11.3 Å². The number of alkyl halides is 1. The smallest absolute Gasteiger partial charge is 0.237 e. The summed E-state index contributed by atoms with van der Waals surface area (Å²) in [6, 6.07) is 5.91. The van der Waals surface area contributed by atoms with Gasteiger partial charge in [-0.2, -0.15) is 0 Å². The van der Waals surface area contributed by atoms with Crippen LogP contribution in [0.1, 0.15) is 38.7 Å². The van der Waals surface area contributed by atoms with Crippen molar-refractivity contribution in [1.29, 1.82) is 0 Å². The first-order valence-corrected chi connectivity index (χ1v) is 7.80. The van der Waals surface area contributed by atoms with Gasteiger partial charge < -0.3 is 5.32 Å². The van der Waals surface area contributed by atoms with E-state index in [-0.39, 0.29) is 17.8 Å². The molecule has 122 valence electrons. The van der Waals surface area contributed by atoms with Crippen molar-refractivity contribution in [2.75, 3.05) is 13.1 Å². The lowest BCUT2D eigenvalue weighted by molar-refractivity contribution is -0.125. The summed E-state index contributed by atoms with van der Waals surface area (Å²) in [4.78, 5) is 14.4. The van der Waals surface area contributed by atoms with Crippen LogP contribution in [0.2, 0.25) is 0 Å². The van der Waals surface area contributed by atoms with Crippen molar-refractivity contribution < 1.29 is 13.6 Å². The van der Waals surface area contributed by atoms with E-state index in [9.17, 15) is 13.6 Å². The van der Waals surface area contributed by atoms with Crippen LogP contribution in [0, 0.1) is 5.82 Å². The lowest BCUT2D eigenvalue weighted by atomic mass is 10.1. The Bertz CT molecular complexity index is 496. The molecule has 1 amide bonds. The Hall–Kier alpha value is -1.49. The quantitative estimate of drug-likeness (QED) is 0.876. The lowest BCUT2D eigenvalue weighted by Gasteiger charge is -2.26. The Morgan fingerprint density at radius 1 is 1.36 bits per heavy atom. The van der Waals surface area contributed by atoms with E-state index in [0.29, 0.717) is 19.5 Å². The van der Waals surface area contributed by atoms with E-state index in [4.69, 9.17) is 0 Å². The van der Waals surface area contributed by atoms with Gasteiger partial charge in [-0.15, -0.1) is 0 Å². The number of likely N-dealkylation sites (tertiary alicyclic amines) is 1. The Balaban J connectivity index is 1.84.